The maximum absolute atomic E-state index is 9.40. The van der Waals surface area contributed by atoms with Crippen LogP contribution in [0.4, 0.5) is 0 Å². The van der Waals surface area contributed by atoms with E-state index < -0.39 is 0 Å². The standard InChI is InChI=1S/C18H13N3.C4H8O/c1-3-7-14(8-4-1)16-11-19-18-17(12-20-21(18)13-16)15-9-5-2-6-10-15;1-2-3-4-5/h1-13H;4H,2-3H2,1H3. The molecule has 4 rings (SSSR count). The summed E-state index contributed by atoms with van der Waals surface area (Å²) < 4.78 is 1.84. The van der Waals surface area contributed by atoms with Gasteiger partial charge in [-0.15, -0.1) is 0 Å². The molecule has 0 unspecified atom stereocenters. The number of hydrogen-bond donors (Lipinski definition) is 0. The van der Waals surface area contributed by atoms with Gasteiger partial charge in [-0.3, -0.25) is 0 Å². The molecule has 2 aromatic carbocycles. The molecular weight excluding hydrogens is 322 g/mol. The normalized spacial score (nSPS) is 10.2. The molecule has 0 aliphatic rings. The highest BCUT2D eigenvalue weighted by molar-refractivity contribution is 5.77. The maximum Gasteiger partial charge on any atom is 0.162 e. The number of hydrogen-bond acceptors (Lipinski definition) is 3. The molecule has 4 aromatic rings. The average molecular weight is 343 g/mol. The van der Waals surface area contributed by atoms with Crippen LogP contribution in [0.25, 0.3) is 27.9 Å². The van der Waals surface area contributed by atoms with E-state index >= 15 is 0 Å². The molecule has 4 nitrogen and oxygen atoms in total. The maximum atomic E-state index is 9.40. The van der Waals surface area contributed by atoms with Crippen LogP contribution in [0.3, 0.4) is 0 Å². The third-order valence-corrected chi connectivity index (χ3v) is 3.95. The lowest BCUT2D eigenvalue weighted by molar-refractivity contribution is -0.107. The van der Waals surface area contributed by atoms with E-state index in [0.29, 0.717) is 6.42 Å². The lowest BCUT2D eigenvalue weighted by Gasteiger charge is -2.02. The SMILES string of the molecule is CCCC=O.c1ccc(-c2cnc3c(-c4ccccc4)cnn3c2)cc1. The van der Waals surface area contributed by atoms with E-state index in [-0.39, 0.29) is 0 Å². The van der Waals surface area contributed by atoms with Crippen molar-refractivity contribution in [2.24, 2.45) is 0 Å². The highest BCUT2D eigenvalue weighted by Gasteiger charge is 2.08. The lowest BCUT2D eigenvalue weighted by atomic mass is 10.1. The van der Waals surface area contributed by atoms with Gasteiger partial charge in [0.1, 0.15) is 6.29 Å². The Morgan fingerprint density at radius 2 is 1.54 bits per heavy atom. The molecule has 4 heteroatoms. The van der Waals surface area contributed by atoms with Gasteiger partial charge in [0.25, 0.3) is 0 Å². The summed E-state index contributed by atoms with van der Waals surface area (Å²) in [6.45, 7) is 1.98. The third kappa shape index (κ3) is 4.03. The number of aldehydes is 1. The lowest BCUT2D eigenvalue weighted by Crippen LogP contribution is -1.91. The van der Waals surface area contributed by atoms with Crippen molar-refractivity contribution in [3.63, 3.8) is 0 Å². The Labute approximate surface area is 153 Å². The van der Waals surface area contributed by atoms with Crippen molar-refractivity contribution in [3.8, 4) is 22.3 Å². The van der Waals surface area contributed by atoms with Crippen LogP contribution >= 0.6 is 0 Å². The van der Waals surface area contributed by atoms with Crippen molar-refractivity contribution in [2.45, 2.75) is 19.8 Å². The Morgan fingerprint density at radius 3 is 2.12 bits per heavy atom. The van der Waals surface area contributed by atoms with Gasteiger partial charge in [-0.25, -0.2) is 9.50 Å². The van der Waals surface area contributed by atoms with Gasteiger partial charge in [-0.2, -0.15) is 5.10 Å². The van der Waals surface area contributed by atoms with Crippen molar-refractivity contribution in [2.75, 3.05) is 0 Å². The van der Waals surface area contributed by atoms with Crippen LogP contribution in [-0.2, 0) is 4.79 Å². The Morgan fingerprint density at radius 1 is 0.885 bits per heavy atom. The fourth-order valence-electron chi connectivity index (χ4n) is 2.59. The summed E-state index contributed by atoms with van der Waals surface area (Å²) in [5.74, 6) is 0. The molecule has 2 aromatic heterocycles. The fourth-order valence-corrected chi connectivity index (χ4v) is 2.59. The number of benzene rings is 2. The molecule has 0 saturated carbocycles. The number of unbranched alkanes of at least 4 members (excludes halogenated alkanes) is 1. The second-order valence-corrected chi connectivity index (χ2v) is 5.86. The predicted molar refractivity (Wildman–Crippen MR) is 105 cm³/mol. The third-order valence-electron chi connectivity index (χ3n) is 3.95. The molecule has 0 saturated heterocycles. The molecule has 130 valence electrons. The number of carbonyl (C=O) groups is 1. The molecule has 0 atom stereocenters. The van der Waals surface area contributed by atoms with E-state index in [0.717, 1.165) is 40.6 Å². The minimum absolute atomic E-state index is 0.708. The summed E-state index contributed by atoms with van der Waals surface area (Å²) in [7, 11) is 0. The molecule has 0 bridgehead atoms. The molecule has 2 heterocycles. The summed E-state index contributed by atoms with van der Waals surface area (Å²) in [5, 5.41) is 4.44. The molecule has 26 heavy (non-hydrogen) atoms. The van der Waals surface area contributed by atoms with Crippen LogP contribution in [0, 0.1) is 0 Å². The highest BCUT2D eigenvalue weighted by Crippen LogP contribution is 2.25. The monoisotopic (exact) mass is 343 g/mol. The van der Waals surface area contributed by atoms with Gasteiger partial charge in [-0.05, 0) is 17.5 Å². The largest absolute Gasteiger partial charge is 0.303 e. The molecule has 0 spiro atoms. The average Bonchev–Trinajstić information content (AvgIpc) is 3.14. The number of aromatic nitrogens is 3. The van der Waals surface area contributed by atoms with Gasteiger partial charge < -0.3 is 4.79 Å². The van der Waals surface area contributed by atoms with E-state index in [1.54, 1.807) is 0 Å². The molecule has 0 radical (unpaired) electrons. The van der Waals surface area contributed by atoms with Crippen molar-refractivity contribution >= 4 is 11.9 Å². The van der Waals surface area contributed by atoms with Crippen molar-refractivity contribution in [1.82, 2.24) is 14.6 Å². The summed E-state index contributed by atoms with van der Waals surface area (Å²) in [6, 6.07) is 20.4. The van der Waals surface area contributed by atoms with Gasteiger partial charge in [0.05, 0.1) is 6.20 Å². The van der Waals surface area contributed by atoms with E-state index in [1.165, 1.54) is 0 Å². The van der Waals surface area contributed by atoms with E-state index in [2.05, 4.69) is 34.3 Å². The van der Waals surface area contributed by atoms with Gasteiger partial charge in [0, 0.05) is 29.9 Å². The second-order valence-electron chi connectivity index (χ2n) is 5.86. The quantitative estimate of drug-likeness (QED) is 0.487. The molecule has 0 fully saturated rings. The minimum Gasteiger partial charge on any atom is -0.303 e. The van der Waals surface area contributed by atoms with E-state index in [4.69, 9.17) is 0 Å². The smallest absolute Gasteiger partial charge is 0.162 e. The first-order valence-corrected chi connectivity index (χ1v) is 8.71. The zero-order valence-electron chi connectivity index (χ0n) is 14.7. The molecule has 0 N–H and O–H groups in total. The van der Waals surface area contributed by atoms with Crippen molar-refractivity contribution in [3.05, 3.63) is 79.3 Å². The first-order valence-electron chi connectivity index (χ1n) is 8.71. The highest BCUT2D eigenvalue weighted by atomic mass is 16.1. The van der Waals surface area contributed by atoms with Crippen LogP contribution in [0.1, 0.15) is 19.8 Å². The Hall–Kier alpha value is -3.27. The van der Waals surface area contributed by atoms with Crippen LogP contribution in [0.5, 0.6) is 0 Å². The Bertz CT molecular complexity index is 963. The summed E-state index contributed by atoms with van der Waals surface area (Å²) in [6.07, 6.45) is 8.40. The molecular formula is C22H21N3O. The first-order chi connectivity index (χ1) is 12.8. The zero-order chi connectivity index (χ0) is 18.2. The number of carbonyl (C=O) groups excluding carboxylic acids is 1. The summed E-state index contributed by atoms with van der Waals surface area (Å²) >= 11 is 0. The van der Waals surface area contributed by atoms with Crippen LogP contribution in [-0.4, -0.2) is 20.9 Å². The summed E-state index contributed by atoms with van der Waals surface area (Å²) in [5.41, 5.74) is 5.26. The van der Waals surface area contributed by atoms with Crippen LogP contribution < -0.4 is 0 Å². The second kappa shape index (κ2) is 8.72. The van der Waals surface area contributed by atoms with Gasteiger partial charge in [0.2, 0.25) is 0 Å². The molecule has 0 amide bonds. The summed E-state index contributed by atoms with van der Waals surface area (Å²) in [4.78, 5) is 14.0. The predicted octanol–water partition coefficient (Wildman–Crippen LogP) is 5.05. The molecule has 0 aliphatic carbocycles. The molecule has 0 aliphatic heterocycles. The Kier molecular flexibility index (Phi) is 5.88. The van der Waals surface area contributed by atoms with E-state index in [9.17, 15) is 4.79 Å². The van der Waals surface area contributed by atoms with Crippen LogP contribution in [0.2, 0.25) is 0 Å². The minimum atomic E-state index is 0.708. The fraction of sp³-hybridized carbons (Fsp3) is 0.136. The zero-order valence-corrected chi connectivity index (χ0v) is 14.7. The van der Waals surface area contributed by atoms with Gasteiger partial charge in [-0.1, -0.05) is 67.6 Å². The topological polar surface area (TPSA) is 47.3 Å². The van der Waals surface area contributed by atoms with Crippen molar-refractivity contribution < 1.29 is 4.79 Å². The van der Waals surface area contributed by atoms with Crippen LogP contribution in [0.15, 0.2) is 79.3 Å². The van der Waals surface area contributed by atoms with Gasteiger partial charge in [0.15, 0.2) is 5.65 Å². The van der Waals surface area contributed by atoms with Crippen molar-refractivity contribution in [1.29, 1.82) is 0 Å². The first kappa shape index (κ1) is 17.5. The number of rotatable bonds is 4. The van der Waals surface area contributed by atoms with E-state index in [1.807, 2.05) is 66.4 Å². The Balaban J connectivity index is 0.000000349. The number of fused-ring (bicyclic) bond motifs is 1. The van der Waals surface area contributed by atoms with Gasteiger partial charge >= 0.3 is 0 Å². The number of nitrogens with zero attached hydrogens (tertiary/aromatic N) is 3.